The molecule has 0 unspecified atom stereocenters. The molecule has 2 rings (SSSR count). The first-order valence-corrected chi connectivity index (χ1v) is 5.94. The molecule has 0 saturated carbocycles. The Labute approximate surface area is 106 Å². The largest absolute Gasteiger partial charge is 0.385 e. The Kier molecular flexibility index (Phi) is 4.25. The van der Waals surface area contributed by atoms with Gasteiger partial charge in [0.2, 0.25) is 0 Å². The normalized spacial score (nSPS) is 10.5. The number of hydrogen-bond acceptors (Lipinski definition) is 3. The number of benzene rings is 1. The van der Waals surface area contributed by atoms with Crippen molar-refractivity contribution in [2.75, 3.05) is 13.7 Å². The predicted octanol–water partition coefficient (Wildman–Crippen LogP) is 2.02. The zero-order valence-electron chi connectivity index (χ0n) is 10.3. The van der Waals surface area contributed by atoms with Gasteiger partial charge in [-0.25, -0.2) is 4.98 Å². The molecule has 0 atom stereocenters. The highest BCUT2D eigenvalue weighted by Crippen LogP contribution is 2.14. The van der Waals surface area contributed by atoms with Crippen LogP contribution in [-0.4, -0.2) is 23.7 Å². The maximum Gasteiger partial charge on any atom is 0.251 e. The molecule has 0 bridgehead atoms. The van der Waals surface area contributed by atoms with Crippen molar-refractivity contribution >= 4 is 0 Å². The Balaban J connectivity index is 2.24. The number of rotatable bonds is 5. The molecule has 4 nitrogen and oxygen atoms in total. The van der Waals surface area contributed by atoms with E-state index in [9.17, 15) is 4.79 Å². The topological polar surface area (TPSA) is 55.0 Å². The molecule has 1 aromatic carbocycles. The lowest BCUT2D eigenvalue weighted by Crippen LogP contribution is -2.11. The number of nitrogens with one attached hydrogen (secondary N) is 1. The van der Waals surface area contributed by atoms with Crippen molar-refractivity contribution < 1.29 is 4.74 Å². The first-order chi connectivity index (χ1) is 8.79. The summed E-state index contributed by atoms with van der Waals surface area (Å²) in [5, 5.41) is 0. The van der Waals surface area contributed by atoms with Crippen molar-refractivity contribution in [1.29, 1.82) is 0 Å². The molecule has 0 spiro atoms. The molecule has 4 heteroatoms. The Morgan fingerprint density at radius 1 is 1.28 bits per heavy atom. The fourth-order valence-corrected chi connectivity index (χ4v) is 1.77. The maximum absolute atomic E-state index is 11.6. The molecule has 0 saturated heterocycles. The van der Waals surface area contributed by atoms with E-state index in [-0.39, 0.29) is 5.56 Å². The van der Waals surface area contributed by atoms with Crippen LogP contribution in [0.1, 0.15) is 12.2 Å². The number of aromatic nitrogens is 2. The van der Waals surface area contributed by atoms with E-state index in [1.54, 1.807) is 7.11 Å². The highest BCUT2D eigenvalue weighted by molar-refractivity contribution is 5.58. The van der Waals surface area contributed by atoms with Gasteiger partial charge in [-0.3, -0.25) is 4.79 Å². The number of hydrogen-bond donors (Lipinski definition) is 1. The van der Waals surface area contributed by atoms with Gasteiger partial charge in [-0.05, 0) is 6.42 Å². The van der Waals surface area contributed by atoms with Crippen molar-refractivity contribution in [2.24, 2.45) is 0 Å². The highest BCUT2D eigenvalue weighted by atomic mass is 16.5. The van der Waals surface area contributed by atoms with Crippen molar-refractivity contribution in [3.63, 3.8) is 0 Å². The average Bonchev–Trinajstić information content (AvgIpc) is 2.39. The van der Waals surface area contributed by atoms with Crippen LogP contribution in [0.15, 0.2) is 41.2 Å². The fourth-order valence-electron chi connectivity index (χ4n) is 1.77. The minimum absolute atomic E-state index is 0.115. The molecule has 0 aliphatic carbocycles. The van der Waals surface area contributed by atoms with Gasteiger partial charge in [-0.1, -0.05) is 30.3 Å². The molecule has 1 aromatic heterocycles. The monoisotopic (exact) mass is 244 g/mol. The van der Waals surface area contributed by atoms with Crippen LogP contribution >= 0.6 is 0 Å². The summed E-state index contributed by atoms with van der Waals surface area (Å²) in [5.74, 6) is 0.707. The molecule has 0 amide bonds. The summed E-state index contributed by atoms with van der Waals surface area (Å²) >= 11 is 0. The van der Waals surface area contributed by atoms with E-state index in [2.05, 4.69) is 9.97 Å². The number of aryl methyl sites for hydroxylation is 1. The van der Waals surface area contributed by atoms with Crippen molar-refractivity contribution in [3.05, 3.63) is 52.6 Å². The van der Waals surface area contributed by atoms with Crippen LogP contribution in [0.3, 0.4) is 0 Å². The van der Waals surface area contributed by atoms with Gasteiger partial charge < -0.3 is 9.72 Å². The van der Waals surface area contributed by atoms with E-state index in [0.29, 0.717) is 24.5 Å². The van der Waals surface area contributed by atoms with E-state index in [4.69, 9.17) is 4.74 Å². The lowest BCUT2D eigenvalue weighted by Gasteiger charge is -2.04. The predicted molar refractivity (Wildman–Crippen MR) is 70.5 cm³/mol. The van der Waals surface area contributed by atoms with Gasteiger partial charge in [0.1, 0.15) is 5.82 Å². The molecule has 0 aliphatic rings. The van der Waals surface area contributed by atoms with Crippen molar-refractivity contribution in [1.82, 2.24) is 9.97 Å². The third-order valence-corrected chi connectivity index (χ3v) is 2.62. The van der Waals surface area contributed by atoms with Crippen LogP contribution in [-0.2, 0) is 11.2 Å². The molecular formula is C14H16N2O2. The molecule has 2 aromatic rings. The van der Waals surface area contributed by atoms with Gasteiger partial charge in [0.15, 0.2) is 0 Å². The molecule has 1 N–H and O–H groups in total. The number of ether oxygens (including phenoxy) is 1. The van der Waals surface area contributed by atoms with Crippen LogP contribution in [0.2, 0.25) is 0 Å². The Hall–Kier alpha value is -1.94. The summed E-state index contributed by atoms with van der Waals surface area (Å²) < 4.78 is 4.99. The first-order valence-electron chi connectivity index (χ1n) is 5.94. The number of H-pyrrole nitrogens is 1. The maximum atomic E-state index is 11.6. The van der Waals surface area contributed by atoms with E-state index < -0.39 is 0 Å². The number of nitrogens with zero attached hydrogens (tertiary/aromatic N) is 1. The quantitative estimate of drug-likeness (QED) is 0.819. The summed E-state index contributed by atoms with van der Waals surface area (Å²) in [4.78, 5) is 18.8. The van der Waals surface area contributed by atoms with Crippen molar-refractivity contribution in [3.8, 4) is 11.3 Å². The van der Waals surface area contributed by atoms with E-state index in [1.807, 2.05) is 30.3 Å². The fraction of sp³-hybridized carbons (Fsp3) is 0.286. The molecule has 1 heterocycles. The highest BCUT2D eigenvalue weighted by Gasteiger charge is 2.03. The number of aromatic amines is 1. The van der Waals surface area contributed by atoms with E-state index >= 15 is 0 Å². The van der Waals surface area contributed by atoms with Gasteiger partial charge in [0.25, 0.3) is 5.56 Å². The standard InChI is InChI=1S/C14H16N2O2/c1-18-9-5-8-13-15-12(10-14(17)16-13)11-6-3-2-4-7-11/h2-4,6-7,10H,5,8-9H2,1H3,(H,15,16,17). The van der Waals surface area contributed by atoms with Gasteiger partial charge in [0, 0.05) is 31.8 Å². The van der Waals surface area contributed by atoms with Crippen LogP contribution < -0.4 is 5.56 Å². The molecule has 94 valence electrons. The SMILES string of the molecule is COCCCc1nc(-c2ccccc2)cc(=O)[nH]1. The van der Waals surface area contributed by atoms with Gasteiger partial charge in [-0.15, -0.1) is 0 Å². The third-order valence-electron chi connectivity index (χ3n) is 2.62. The summed E-state index contributed by atoms with van der Waals surface area (Å²) in [7, 11) is 1.66. The first kappa shape index (κ1) is 12.5. The molecule has 0 aliphatic heterocycles. The molecular weight excluding hydrogens is 228 g/mol. The van der Waals surface area contributed by atoms with Gasteiger partial charge >= 0.3 is 0 Å². The van der Waals surface area contributed by atoms with Crippen LogP contribution in [0.4, 0.5) is 0 Å². The molecule has 0 fully saturated rings. The molecule has 18 heavy (non-hydrogen) atoms. The van der Waals surface area contributed by atoms with Gasteiger partial charge in [0.05, 0.1) is 5.69 Å². The van der Waals surface area contributed by atoms with E-state index in [1.165, 1.54) is 6.07 Å². The number of methoxy groups -OCH3 is 1. The summed E-state index contributed by atoms with van der Waals surface area (Å²) in [5.41, 5.74) is 1.56. The van der Waals surface area contributed by atoms with Gasteiger partial charge in [-0.2, -0.15) is 0 Å². The second kappa shape index (κ2) is 6.12. The zero-order valence-corrected chi connectivity index (χ0v) is 10.3. The lowest BCUT2D eigenvalue weighted by molar-refractivity contribution is 0.194. The second-order valence-corrected chi connectivity index (χ2v) is 4.04. The minimum Gasteiger partial charge on any atom is -0.385 e. The summed E-state index contributed by atoms with van der Waals surface area (Å²) in [6, 6.07) is 11.2. The average molecular weight is 244 g/mol. The van der Waals surface area contributed by atoms with E-state index in [0.717, 1.165) is 12.0 Å². The van der Waals surface area contributed by atoms with Crippen LogP contribution in [0.5, 0.6) is 0 Å². The van der Waals surface area contributed by atoms with Crippen molar-refractivity contribution in [2.45, 2.75) is 12.8 Å². The minimum atomic E-state index is -0.115. The lowest BCUT2D eigenvalue weighted by atomic mass is 10.1. The second-order valence-electron chi connectivity index (χ2n) is 4.04. The Bertz CT molecular complexity index is 549. The zero-order chi connectivity index (χ0) is 12.8. The summed E-state index contributed by atoms with van der Waals surface area (Å²) in [6.45, 7) is 0.666. The Morgan fingerprint density at radius 3 is 2.78 bits per heavy atom. The van der Waals surface area contributed by atoms with Crippen LogP contribution in [0, 0.1) is 0 Å². The smallest absolute Gasteiger partial charge is 0.251 e. The Morgan fingerprint density at radius 2 is 2.06 bits per heavy atom. The molecule has 0 radical (unpaired) electrons. The third kappa shape index (κ3) is 3.28. The summed E-state index contributed by atoms with van der Waals surface area (Å²) in [6.07, 6.45) is 1.56. The van der Waals surface area contributed by atoms with Crippen LogP contribution in [0.25, 0.3) is 11.3 Å².